The van der Waals surface area contributed by atoms with Crippen LogP contribution in [-0.4, -0.2) is 51.1 Å². The Bertz CT molecular complexity index is 1320. The lowest BCUT2D eigenvalue weighted by molar-refractivity contribution is -0.128. The third kappa shape index (κ3) is 4.01. The zero-order valence-electron chi connectivity index (χ0n) is 19.0. The van der Waals surface area contributed by atoms with Crippen molar-refractivity contribution < 1.29 is 17.9 Å². The molecule has 1 aromatic heterocycles. The third-order valence-electron chi connectivity index (χ3n) is 6.19. The molecule has 5 rings (SSSR count). The highest BCUT2D eigenvalue weighted by Gasteiger charge is 2.38. The largest absolute Gasteiger partial charge is 0.476 e. The number of aromatic nitrogens is 1. The van der Waals surface area contributed by atoms with E-state index in [9.17, 15) is 13.2 Å². The van der Waals surface area contributed by atoms with Gasteiger partial charge in [0.25, 0.3) is 15.9 Å². The van der Waals surface area contributed by atoms with Crippen molar-refractivity contribution in [3.05, 3.63) is 72.1 Å². The van der Waals surface area contributed by atoms with E-state index in [1.54, 1.807) is 48.8 Å². The highest BCUT2D eigenvalue weighted by molar-refractivity contribution is 7.92. The van der Waals surface area contributed by atoms with Gasteiger partial charge in [0.2, 0.25) is 0 Å². The molecule has 9 heteroatoms. The van der Waals surface area contributed by atoms with Crippen molar-refractivity contribution in [1.29, 1.82) is 0 Å². The maximum absolute atomic E-state index is 13.7. The Morgan fingerprint density at radius 3 is 2.44 bits per heavy atom. The van der Waals surface area contributed by atoms with E-state index in [1.807, 2.05) is 26.0 Å². The zero-order chi connectivity index (χ0) is 23.9. The second-order valence-electron chi connectivity index (χ2n) is 8.65. The van der Waals surface area contributed by atoms with E-state index in [1.165, 1.54) is 4.31 Å². The van der Waals surface area contributed by atoms with Crippen molar-refractivity contribution in [3.63, 3.8) is 0 Å². The molecule has 1 fully saturated rings. The smallest absolute Gasteiger partial charge is 0.264 e. The molecule has 176 valence electrons. The maximum atomic E-state index is 13.7. The highest BCUT2D eigenvalue weighted by Crippen LogP contribution is 2.41. The Morgan fingerprint density at radius 1 is 1.09 bits per heavy atom. The van der Waals surface area contributed by atoms with E-state index in [0.29, 0.717) is 24.5 Å². The van der Waals surface area contributed by atoms with Crippen LogP contribution in [0.1, 0.15) is 11.1 Å². The predicted octanol–water partition coefficient (Wildman–Crippen LogP) is 2.41. The van der Waals surface area contributed by atoms with Crippen LogP contribution in [0.15, 0.2) is 65.8 Å². The summed E-state index contributed by atoms with van der Waals surface area (Å²) >= 11 is 0. The molecule has 2 aromatic carbocycles. The number of sulfonamides is 1. The number of carbonyl (C=O) groups is 1. The molecule has 34 heavy (non-hydrogen) atoms. The number of fused-ring (bicyclic) bond motifs is 1. The van der Waals surface area contributed by atoms with Crippen LogP contribution in [0.2, 0.25) is 0 Å². The summed E-state index contributed by atoms with van der Waals surface area (Å²) < 4.78 is 34.7. The van der Waals surface area contributed by atoms with Gasteiger partial charge in [-0.1, -0.05) is 24.3 Å². The van der Waals surface area contributed by atoms with Gasteiger partial charge in [-0.05, 0) is 60.4 Å². The van der Waals surface area contributed by atoms with Gasteiger partial charge in [-0.25, -0.2) is 8.42 Å². The first-order valence-corrected chi connectivity index (χ1v) is 12.6. The summed E-state index contributed by atoms with van der Waals surface area (Å²) in [5, 5.41) is 6.03. The second-order valence-corrected chi connectivity index (χ2v) is 10.5. The van der Waals surface area contributed by atoms with Gasteiger partial charge in [0.1, 0.15) is 5.75 Å². The van der Waals surface area contributed by atoms with Crippen LogP contribution in [0.4, 0.5) is 5.69 Å². The van der Waals surface area contributed by atoms with E-state index in [2.05, 4.69) is 15.6 Å². The minimum atomic E-state index is -3.93. The molecule has 3 aromatic rings. The molecule has 8 nitrogen and oxygen atoms in total. The molecule has 2 aliphatic rings. The number of rotatable bonds is 5. The number of nitrogens with zero attached hydrogens (tertiary/aromatic N) is 2. The molecule has 1 saturated heterocycles. The zero-order valence-corrected chi connectivity index (χ0v) is 19.8. The summed E-state index contributed by atoms with van der Waals surface area (Å²) in [4.78, 5) is 17.3. The molecule has 1 atom stereocenters. The van der Waals surface area contributed by atoms with Crippen LogP contribution in [-0.2, 0) is 14.8 Å². The number of ether oxygens (including phenoxy) is 1. The van der Waals surface area contributed by atoms with Crippen LogP contribution in [0, 0.1) is 13.8 Å². The molecule has 0 aliphatic carbocycles. The van der Waals surface area contributed by atoms with Crippen LogP contribution >= 0.6 is 0 Å². The Morgan fingerprint density at radius 2 is 1.79 bits per heavy atom. The second kappa shape index (κ2) is 8.73. The molecule has 0 saturated carbocycles. The fourth-order valence-electron chi connectivity index (χ4n) is 4.33. The highest BCUT2D eigenvalue weighted by atomic mass is 32.2. The van der Waals surface area contributed by atoms with Crippen molar-refractivity contribution in [1.82, 2.24) is 15.6 Å². The van der Waals surface area contributed by atoms with Gasteiger partial charge < -0.3 is 15.4 Å². The number of amides is 1. The van der Waals surface area contributed by atoms with Crippen molar-refractivity contribution >= 4 is 21.6 Å². The number of pyridine rings is 1. The van der Waals surface area contributed by atoms with E-state index in [-0.39, 0.29) is 23.4 Å². The standard InChI is InChI=1S/C25H26N4O4S/c1-16-11-26-12-17(2)24(16)18-8-9-22-21(10-18)29(34(31,32)20-6-4-3-5-7-20)15-23(33-22)25(30)28-19-13-27-14-19/h3-12,19,23,27H,13-15H2,1-2H3,(H,28,30). The van der Waals surface area contributed by atoms with Crippen LogP contribution in [0.5, 0.6) is 5.75 Å². The third-order valence-corrected chi connectivity index (χ3v) is 7.99. The number of nitrogens with one attached hydrogen (secondary N) is 2. The molecule has 2 aliphatic heterocycles. The molecule has 0 spiro atoms. The number of anilines is 1. The summed E-state index contributed by atoms with van der Waals surface area (Å²) in [5.41, 5.74) is 4.23. The predicted molar refractivity (Wildman–Crippen MR) is 129 cm³/mol. The van der Waals surface area contributed by atoms with Crippen LogP contribution < -0.4 is 19.7 Å². The lowest BCUT2D eigenvalue weighted by Gasteiger charge is -2.36. The SMILES string of the molecule is Cc1cncc(C)c1-c1ccc2c(c1)N(S(=O)(=O)c1ccccc1)CC(C(=O)NC1CNC1)O2. The lowest BCUT2D eigenvalue weighted by Crippen LogP contribution is -2.60. The first-order valence-electron chi connectivity index (χ1n) is 11.2. The molecular formula is C25H26N4O4S. The molecule has 1 unspecified atom stereocenters. The van der Waals surface area contributed by atoms with Gasteiger partial charge in [-0.2, -0.15) is 0 Å². The van der Waals surface area contributed by atoms with Crippen molar-refractivity contribution in [3.8, 4) is 16.9 Å². The van der Waals surface area contributed by atoms with Gasteiger partial charge in [0.05, 0.1) is 23.2 Å². The summed E-state index contributed by atoms with van der Waals surface area (Å²) in [6.07, 6.45) is 2.61. The van der Waals surface area contributed by atoms with E-state index >= 15 is 0 Å². The van der Waals surface area contributed by atoms with Crippen molar-refractivity contribution in [2.75, 3.05) is 23.9 Å². The van der Waals surface area contributed by atoms with Gasteiger partial charge >= 0.3 is 0 Å². The van der Waals surface area contributed by atoms with Gasteiger partial charge in [-0.15, -0.1) is 0 Å². The first kappa shape index (κ1) is 22.4. The molecule has 3 heterocycles. The summed E-state index contributed by atoms with van der Waals surface area (Å²) in [7, 11) is -3.93. The molecule has 0 bridgehead atoms. The Kier molecular flexibility index (Phi) is 5.75. The fraction of sp³-hybridized carbons (Fsp3) is 0.280. The number of hydrogen-bond acceptors (Lipinski definition) is 6. The van der Waals surface area contributed by atoms with E-state index in [0.717, 1.165) is 22.3 Å². The summed E-state index contributed by atoms with van der Waals surface area (Å²) in [6, 6.07) is 13.7. The Balaban J connectivity index is 1.59. The summed E-state index contributed by atoms with van der Waals surface area (Å²) in [5.74, 6) is 0.0288. The average Bonchev–Trinajstić information content (AvgIpc) is 2.81. The minimum Gasteiger partial charge on any atom is -0.476 e. The average molecular weight is 479 g/mol. The molecule has 2 N–H and O–H groups in total. The van der Waals surface area contributed by atoms with Gasteiger partial charge in [0.15, 0.2) is 6.10 Å². The summed E-state index contributed by atoms with van der Waals surface area (Å²) in [6.45, 7) is 5.21. The molecular weight excluding hydrogens is 452 g/mol. The normalized spacial score (nSPS) is 17.9. The Hall–Kier alpha value is -3.43. The maximum Gasteiger partial charge on any atom is 0.264 e. The lowest BCUT2D eigenvalue weighted by atomic mass is 9.97. The minimum absolute atomic E-state index is 0.0247. The number of aryl methyl sites for hydroxylation is 2. The molecule has 0 radical (unpaired) electrons. The monoisotopic (exact) mass is 478 g/mol. The number of benzene rings is 2. The quantitative estimate of drug-likeness (QED) is 0.584. The number of carbonyl (C=O) groups excluding carboxylic acids is 1. The first-order chi connectivity index (χ1) is 16.3. The fourth-order valence-corrected chi connectivity index (χ4v) is 5.82. The van der Waals surface area contributed by atoms with Crippen molar-refractivity contribution in [2.45, 2.75) is 30.9 Å². The number of hydrogen-bond donors (Lipinski definition) is 2. The Labute approximate surface area is 199 Å². The van der Waals surface area contributed by atoms with Gasteiger partial charge in [-0.3, -0.25) is 14.1 Å². The topological polar surface area (TPSA) is 101 Å². The van der Waals surface area contributed by atoms with Crippen LogP contribution in [0.3, 0.4) is 0 Å². The van der Waals surface area contributed by atoms with Crippen LogP contribution in [0.25, 0.3) is 11.1 Å². The van der Waals surface area contributed by atoms with Crippen molar-refractivity contribution in [2.24, 2.45) is 0 Å². The molecule has 1 amide bonds. The van der Waals surface area contributed by atoms with Gasteiger partial charge in [0, 0.05) is 25.5 Å². The van der Waals surface area contributed by atoms with E-state index < -0.39 is 16.1 Å². The van der Waals surface area contributed by atoms with E-state index in [4.69, 9.17) is 4.74 Å².